The van der Waals surface area contributed by atoms with Crippen molar-refractivity contribution in [2.24, 2.45) is 0 Å². The summed E-state index contributed by atoms with van der Waals surface area (Å²) in [5, 5.41) is 11.5. The van der Waals surface area contributed by atoms with E-state index in [-0.39, 0.29) is 12.5 Å². The van der Waals surface area contributed by atoms with Crippen molar-refractivity contribution in [1.82, 2.24) is 5.32 Å². The topological polar surface area (TPSA) is 58.6 Å². The minimum absolute atomic E-state index is 0.0703. The molecule has 5 heteroatoms. The fraction of sp³-hybridized carbons (Fsp3) is 0.533. The highest BCUT2D eigenvalue weighted by Crippen LogP contribution is 2.12. The number of aliphatic hydroxyl groups is 1. The molecule has 0 aliphatic heterocycles. The Morgan fingerprint density at radius 1 is 1.35 bits per heavy atom. The van der Waals surface area contributed by atoms with Gasteiger partial charge in [-0.25, -0.2) is 0 Å². The zero-order chi connectivity index (χ0) is 14.6. The molecular weight excluding hydrogens is 274 g/mol. The van der Waals surface area contributed by atoms with E-state index in [2.05, 4.69) is 5.32 Å². The van der Waals surface area contributed by atoms with Crippen LogP contribution in [0.3, 0.4) is 0 Å². The van der Waals surface area contributed by atoms with Crippen LogP contribution in [0.2, 0.25) is 0 Å². The molecule has 0 saturated carbocycles. The number of para-hydroxylation sites is 1. The van der Waals surface area contributed by atoms with Crippen molar-refractivity contribution in [3.8, 4) is 5.75 Å². The molecule has 0 aromatic heterocycles. The Hall–Kier alpha value is -1.20. The van der Waals surface area contributed by atoms with Crippen molar-refractivity contribution in [3.63, 3.8) is 0 Å². The van der Waals surface area contributed by atoms with Crippen LogP contribution in [-0.4, -0.2) is 41.8 Å². The van der Waals surface area contributed by atoms with E-state index in [4.69, 9.17) is 9.84 Å². The zero-order valence-electron chi connectivity index (χ0n) is 11.9. The first kappa shape index (κ1) is 16.9. The monoisotopic (exact) mass is 297 g/mol. The molecule has 4 nitrogen and oxygen atoms in total. The molecule has 1 atom stereocenters. The van der Waals surface area contributed by atoms with Crippen molar-refractivity contribution in [1.29, 1.82) is 0 Å². The average Bonchev–Trinajstić information content (AvgIpc) is 2.49. The first-order valence-electron chi connectivity index (χ1n) is 6.96. The smallest absolute Gasteiger partial charge is 0.261 e. The summed E-state index contributed by atoms with van der Waals surface area (Å²) >= 11 is 1.73. The molecule has 0 aliphatic rings. The maximum atomic E-state index is 12.0. The normalized spacial score (nSPS) is 11.9. The molecular formula is C15H23NO3S. The summed E-state index contributed by atoms with van der Waals surface area (Å²) in [7, 11) is 0. The lowest BCUT2D eigenvalue weighted by molar-refractivity contribution is -0.127. The maximum absolute atomic E-state index is 12.0. The molecule has 1 rings (SSSR count). The number of aliphatic hydroxyl groups excluding tert-OH is 1. The van der Waals surface area contributed by atoms with Crippen LogP contribution < -0.4 is 10.1 Å². The molecule has 0 spiro atoms. The third-order valence-electron chi connectivity index (χ3n) is 2.68. The SMILES string of the molecule is CCC(Oc1ccccc1)C(=O)NCCSCCCO. The molecule has 1 unspecified atom stereocenters. The van der Waals surface area contributed by atoms with Crippen LogP contribution in [0.15, 0.2) is 30.3 Å². The summed E-state index contributed by atoms with van der Waals surface area (Å²) in [5.74, 6) is 2.42. The van der Waals surface area contributed by atoms with E-state index in [9.17, 15) is 4.79 Å². The molecule has 1 amide bonds. The number of amides is 1. The molecule has 0 heterocycles. The Bertz CT molecular complexity index is 373. The minimum atomic E-state index is -0.445. The number of carbonyl (C=O) groups excluding carboxylic acids is 1. The third-order valence-corrected chi connectivity index (χ3v) is 3.75. The summed E-state index contributed by atoms with van der Waals surface area (Å²) in [6, 6.07) is 9.38. The van der Waals surface area contributed by atoms with Crippen molar-refractivity contribution >= 4 is 17.7 Å². The van der Waals surface area contributed by atoms with Crippen molar-refractivity contribution < 1.29 is 14.6 Å². The zero-order valence-corrected chi connectivity index (χ0v) is 12.7. The number of rotatable bonds is 10. The van der Waals surface area contributed by atoms with Gasteiger partial charge in [-0.15, -0.1) is 0 Å². The van der Waals surface area contributed by atoms with E-state index in [1.807, 2.05) is 37.3 Å². The number of hydrogen-bond donors (Lipinski definition) is 2. The van der Waals surface area contributed by atoms with E-state index in [1.54, 1.807) is 11.8 Å². The summed E-state index contributed by atoms with van der Waals surface area (Å²) < 4.78 is 5.67. The average molecular weight is 297 g/mol. The first-order chi connectivity index (χ1) is 9.77. The van der Waals surface area contributed by atoms with Gasteiger partial charge in [0, 0.05) is 18.9 Å². The van der Waals surface area contributed by atoms with Crippen LogP contribution >= 0.6 is 11.8 Å². The van der Waals surface area contributed by atoms with Gasteiger partial charge in [-0.3, -0.25) is 4.79 Å². The van der Waals surface area contributed by atoms with E-state index in [1.165, 1.54) is 0 Å². The fourth-order valence-electron chi connectivity index (χ4n) is 1.61. The highest BCUT2D eigenvalue weighted by molar-refractivity contribution is 7.99. The van der Waals surface area contributed by atoms with Gasteiger partial charge >= 0.3 is 0 Å². The number of benzene rings is 1. The second-order valence-corrected chi connectivity index (χ2v) is 5.53. The summed E-state index contributed by atoms with van der Waals surface area (Å²) in [6.07, 6.45) is 0.992. The molecule has 0 radical (unpaired) electrons. The standard InChI is InChI=1S/C15H23NO3S/c1-2-14(19-13-7-4-3-5-8-13)15(18)16-9-12-20-11-6-10-17/h3-5,7-8,14,17H,2,6,9-12H2,1H3,(H,16,18). The van der Waals surface area contributed by atoms with Crippen LogP contribution in [0.25, 0.3) is 0 Å². The van der Waals surface area contributed by atoms with Gasteiger partial charge < -0.3 is 15.2 Å². The quantitative estimate of drug-likeness (QED) is 0.649. The molecule has 0 fully saturated rings. The van der Waals surface area contributed by atoms with E-state index in [0.29, 0.717) is 18.7 Å². The molecule has 1 aromatic carbocycles. The Labute approximate surface area is 124 Å². The summed E-state index contributed by atoms with van der Waals surface area (Å²) in [4.78, 5) is 12.0. The predicted molar refractivity (Wildman–Crippen MR) is 83.2 cm³/mol. The van der Waals surface area contributed by atoms with Gasteiger partial charge in [0.1, 0.15) is 5.75 Å². The summed E-state index contributed by atoms with van der Waals surface area (Å²) in [6.45, 7) is 2.79. The Balaban J connectivity index is 2.25. The Morgan fingerprint density at radius 3 is 2.75 bits per heavy atom. The highest BCUT2D eigenvalue weighted by Gasteiger charge is 2.17. The maximum Gasteiger partial charge on any atom is 0.261 e. The first-order valence-corrected chi connectivity index (χ1v) is 8.11. The number of carbonyl (C=O) groups is 1. The van der Waals surface area contributed by atoms with Crippen LogP contribution in [0, 0.1) is 0 Å². The van der Waals surface area contributed by atoms with Crippen molar-refractivity contribution in [3.05, 3.63) is 30.3 Å². The molecule has 20 heavy (non-hydrogen) atoms. The number of hydrogen-bond acceptors (Lipinski definition) is 4. The van der Waals surface area contributed by atoms with Gasteiger partial charge in [0.05, 0.1) is 0 Å². The second kappa shape index (κ2) is 10.6. The molecule has 0 aliphatic carbocycles. The van der Waals surface area contributed by atoms with Gasteiger partial charge in [-0.1, -0.05) is 25.1 Å². The fourth-order valence-corrected chi connectivity index (χ4v) is 2.40. The van der Waals surface area contributed by atoms with Gasteiger partial charge in [0.25, 0.3) is 5.91 Å². The van der Waals surface area contributed by atoms with Crippen molar-refractivity contribution in [2.75, 3.05) is 24.7 Å². The highest BCUT2D eigenvalue weighted by atomic mass is 32.2. The van der Waals surface area contributed by atoms with Gasteiger partial charge in [-0.2, -0.15) is 11.8 Å². The molecule has 0 saturated heterocycles. The van der Waals surface area contributed by atoms with Crippen LogP contribution in [0.4, 0.5) is 0 Å². The Morgan fingerprint density at radius 2 is 2.10 bits per heavy atom. The van der Waals surface area contributed by atoms with Crippen LogP contribution in [-0.2, 0) is 4.79 Å². The van der Waals surface area contributed by atoms with E-state index < -0.39 is 6.10 Å². The third kappa shape index (κ3) is 6.82. The second-order valence-electron chi connectivity index (χ2n) is 4.31. The lowest BCUT2D eigenvalue weighted by atomic mass is 10.2. The molecule has 112 valence electrons. The lowest BCUT2D eigenvalue weighted by Gasteiger charge is -2.17. The lowest BCUT2D eigenvalue weighted by Crippen LogP contribution is -2.39. The number of ether oxygens (including phenoxy) is 1. The molecule has 0 bridgehead atoms. The predicted octanol–water partition coefficient (Wildman–Crippen LogP) is 2.08. The van der Waals surface area contributed by atoms with Crippen molar-refractivity contribution in [2.45, 2.75) is 25.9 Å². The van der Waals surface area contributed by atoms with Gasteiger partial charge in [0.2, 0.25) is 0 Å². The number of thioether (sulfide) groups is 1. The molecule has 2 N–H and O–H groups in total. The summed E-state index contributed by atoms with van der Waals surface area (Å²) in [5.41, 5.74) is 0. The minimum Gasteiger partial charge on any atom is -0.481 e. The number of nitrogens with one attached hydrogen (secondary N) is 1. The van der Waals surface area contributed by atoms with E-state index >= 15 is 0 Å². The van der Waals surface area contributed by atoms with E-state index in [0.717, 1.165) is 17.9 Å². The molecule has 1 aromatic rings. The largest absolute Gasteiger partial charge is 0.481 e. The Kier molecular flexibility index (Phi) is 8.91. The van der Waals surface area contributed by atoms with Crippen LogP contribution in [0.1, 0.15) is 19.8 Å². The van der Waals surface area contributed by atoms with Gasteiger partial charge in [0.15, 0.2) is 6.10 Å². The van der Waals surface area contributed by atoms with Gasteiger partial charge in [-0.05, 0) is 30.7 Å². The van der Waals surface area contributed by atoms with Crippen LogP contribution in [0.5, 0.6) is 5.75 Å².